The molecule has 1 aromatic carbocycles. The maximum absolute atomic E-state index is 2.50. The third-order valence-corrected chi connectivity index (χ3v) is 5.58. The van der Waals surface area contributed by atoms with Crippen molar-refractivity contribution in [3.05, 3.63) is 34.9 Å². The largest absolute Gasteiger partial charge is 0.0617 e. The zero-order chi connectivity index (χ0) is 13.2. The molecule has 0 amide bonds. The molecule has 0 N–H and O–H groups in total. The Morgan fingerprint density at radius 3 is 2.00 bits per heavy atom. The van der Waals surface area contributed by atoms with E-state index in [0.29, 0.717) is 10.8 Å². The second-order valence-corrected chi connectivity index (χ2v) is 8.10. The van der Waals surface area contributed by atoms with Crippen molar-refractivity contribution in [2.75, 3.05) is 0 Å². The van der Waals surface area contributed by atoms with Crippen molar-refractivity contribution in [1.29, 1.82) is 0 Å². The highest BCUT2D eigenvalue weighted by molar-refractivity contribution is 5.51. The van der Waals surface area contributed by atoms with Gasteiger partial charge in [-0.1, -0.05) is 52.8 Å². The lowest BCUT2D eigenvalue weighted by Crippen LogP contribution is -2.45. The van der Waals surface area contributed by atoms with Gasteiger partial charge in [0, 0.05) is 0 Å². The molecule has 0 nitrogen and oxygen atoms in total. The first-order valence-electron chi connectivity index (χ1n) is 7.41. The van der Waals surface area contributed by atoms with Gasteiger partial charge in [-0.15, -0.1) is 0 Å². The van der Waals surface area contributed by atoms with E-state index in [1.165, 1.54) is 25.7 Å². The van der Waals surface area contributed by atoms with E-state index >= 15 is 0 Å². The Labute approximate surface area is 112 Å². The van der Waals surface area contributed by atoms with Crippen LogP contribution >= 0.6 is 0 Å². The predicted molar refractivity (Wildman–Crippen MR) is 78.3 cm³/mol. The molecule has 3 aliphatic rings. The van der Waals surface area contributed by atoms with Crippen LogP contribution in [0, 0.1) is 0 Å². The fourth-order valence-corrected chi connectivity index (χ4v) is 4.20. The monoisotopic (exact) mass is 242 g/mol. The third kappa shape index (κ3) is 1.51. The van der Waals surface area contributed by atoms with Crippen molar-refractivity contribution >= 4 is 0 Å². The highest BCUT2D eigenvalue weighted by Gasteiger charge is 2.49. The molecule has 0 radical (unpaired) electrons. The molecule has 0 aliphatic heterocycles. The Kier molecular flexibility index (Phi) is 2.32. The Bertz CT molecular complexity index is 465. The molecule has 4 rings (SSSR count). The average Bonchev–Trinajstić information content (AvgIpc) is 2.31. The smallest absolute Gasteiger partial charge is 0.00687 e. The normalized spacial score (nSPS) is 34.5. The van der Waals surface area contributed by atoms with Crippen molar-refractivity contribution in [2.24, 2.45) is 0 Å². The molecule has 0 unspecified atom stereocenters. The summed E-state index contributed by atoms with van der Waals surface area (Å²) in [5.41, 5.74) is 6.12. The van der Waals surface area contributed by atoms with Gasteiger partial charge in [0.05, 0.1) is 0 Å². The Morgan fingerprint density at radius 2 is 1.44 bits per heavy atom. The second-order valence-electron chi connectivity index (χ2n) is 8.10. The molecule has 18 heavy (non-hydrogen) atoms. The fourth-order valence-electron chi connectivity index (χ4n) is 4.20. The molecule has 0 heterocycles. The van der Waals surface area contributed by atoms with E-state index in [-0.39, 0.29) is 5.41 Å². The van der Waals surface area contributed by atoms with E-state index in [1.54, 1.807) is 16.7 Å². The minimum Gasteiger partial charge on any atom is -0.0617 e. The minimum absolute atomic E-state index is 0.266. The molecular weight excluding hydrogens is 216 g/mol. The van der Waals surface area contributed by atoms with E-state index in [1.807, 2.05) is 0 Å². The van der Waals surface area contributed by atoms with Crippen LogP contribution in [0.3, 0.4) is 0 Å². The lowest BCUT2D eigenvalue weighted by atomic mass is 9.51. The van der Waals surface area contributed by atoms with E-state index in [9.17, 15) is 0 Å². The van der Waals surface area contributed by atoms with Crippen molar-refractivity contribution in [3.8, 4) is 0 Å². The van der Waals surface area contributed by atoms with Crippen LogP contribution in [0.4, 0.5) is 0 Å². The number of rotatable bonds is 0. The van der Waals surface area contributed by atoms with Gasteiger partial charge in [0.1, 0.15) is 0 Å². The first kappa shape index (κ1) is 12.3. The number of hydrogen-bond donors (Lipinski definition) is 0. The summed E-state index contributed by atoms with van der Waals surface area (Å²) < 4.78 is 0. The minimum atomic E-state index is 0.266. The molecule has 2 bridgehead atoms. The van der Waals surface area contributed by atoms with E-state index < -0.39 is 0 Å². The topological polar surface area (TPSA) is 0 Å². The first-order chi connectivity index (χ1) is 8.26. The molecule has 1 aromatic rings. The van der Waals surface area contributed by atoms with E-state index in [2.05, 4.69) is 52.8 Å². The molecule has 0 spiro atoms. The zero-order valence-electron chi connectivity index (χ0n) is 12.6. The number of hydrogen-bond acceptors (Lipinski definition) is 0. The molecular formula is C18H26. The highest BCUT2D eigenvalue weighted by atomic mass is 14.5. The fraction of sp³-hybridized carbons (Fsp3) is 0.667. The van der Waals surface area contributed by atoms with Gasteiger partial charge >= 0.3 is 0 Å². The van der Waals surface area contributed by atoms with Crippen molar-refractivity contribution in [2.45, 2.75) is 76.5 Å². The molecule has 1 fully saturated rings. The second kappa shape index (κ2) is 3.40. The zero-order valence-corrected chi connectivity index (χ0v) is 12.6. The standard InChI is InChI=1S/C18H26/c1-16(2,3)13-7-6-8-14-15(13)18(5)11-9-17(14,4)10-12-18/h6-8H,9-12H2,1-5H3. The van der Waals surface area contributed by atoms with E-state index in [0.717, 1.165) is 0 Å². The van der Waals surface area contributed by atoms with Gasteiger partial charge in [-0.05, 0) is 58.6 Å². The summed E-state index contributed by atoms with van der Waals surface area (Å²) in [6.07, 6.45) is 5.52. The van der Waals surface area contributed by atoms with Crippen LogP contribution in [-0.4, -0.2) is 0 Å². The summed E-state index contributed by atoms with van der Waals surface area (Å²) in [6, 6.07) is 7.06. The quantitative estimate of drug-likeness (QED) is 0.594. The van der Waals surface area contributed by atoms with Gasteiger partial charge in [0.2, 0.25) is 0 Å². The summed E-state index contributed by atoms with van der Waals surface area (Å²) in [5, 5.41) is 0. The Balaban J connectivity index is 2.31. The number of benzene rings is 1. The van der Waals surface area contributed by atoms with Crippen LogP contribution in [0.25, 0.3) is 0 Å². The predicted octanol–water partition coefficient (Wildman–Crippen LogP) is 5.09. The van der Waals surface area contributed by atoms with Crippen LogP contribution < -0.4 is 0 Å². The maximum Gasteiger partial charge on any atom is -0.00687 e. The van der Waals surface area contributed by atoms with Gasteiger partial charge in [-0.25, -0.2) is 0 Å². The van der Waals surface area contributed by atoms with Gasteiger partial charge in [-0.2, -0.15) is 0 Å². The van der Waals surface area contributed by atoms with E-state index in [4.69, 9.17) is 0 Å². The maximum atomic E-state index is 2.50. The summed E-state index contributed by atoms with van der Waals surface area (Å²) in [7, 11) is 0. The molecule has 0 atom stereocenters. The molecule has 0 aromatic heterocycles. The average molecular weight is 242 g/mol. The summed E-state index contributed by atoms with van der Waals surface area (Å²) >= 11 is 0. The molecule has 0 heteroatoms. The van der Waals surface area contributed by atoms with Crippen LogP contribution in [-0.2, 0) is 16.2 Å². The van der Waals surface area contributed by atoms with Crippen LogP contribution in [0.5, 0.6) is 0 Å². The first-order valence-corrected chi connectivity index (χ1v) is 7.41. The van der Waals surface area contributed by atoms with Gasteiger partial charge in [0.15, 0.2) is 0 Å². The summed E-state index contributed by atoms with van der Waals surface area (Å²) in [4.78, 5) is 0. The van der Waals surface area contributed by atoms with Gasteiger partial charge < -0.3 is 0 Å². The summed E-state index contributed by atoms with van der Waals surface area (Å²) in [5.74, 6) is 0. The lowest BCUT2D eigenvalue weighted by Gasteiger charge is -2.53. The highest BCUT2D eigenvalue weighted by Crippen LogP contribution is 2.58. The SMILES string of the molecule is CC(C)(C)c1cccc2c1C1(C)CCC2(C)CC1. The number of fused-ring (bicyclic) bond motifs is 2. The molecule has 98 valence electrons. The van der Waals surface area contributed by atoms with Crippen molar-refractivity contribution < 1.29 is 0 Å². The Hall–Kier alpha value is -0.780. The third-order valence-electron chi connectivity index (χ3n) is 5.58. The Morgan fingerprint density at radius 1 is 0.889 bits per heavy atom. The summed E-state index contributed by atoms with van der Waals surface area (Å²) in [6.45, 7) is 12.1. The van der Waals surface area contributed by atoms with Crippen LogP contribution in [0.2, 0.25) is 0 Å². The van der Waals surface area contributed by atoms with Crippen LogP contribution in [0.15, 0.2) is 18.2 Å². The molecule has 3 aliphatic carbocycles. The molecule has 0 saturated heterocycles. The van der Waals surface area contributed by atoms with Gasteiger partial charge in [0.25, 0.3) is 0 Å². The van der Waals surface area contributed by atoms with Crippen molar-refractivity contribution in [3.63, 3.8) is 0 Å². The lowest BCUT2D eigenvalue weighted by molar-refractivity contribution is 0.184. The van der Waals surface area contributed by atoms with Gasteiger partial charge in [-0.3, -0.25) is 0 Å². The van der Waals surface area contributed by atoms with Crippen molar-refractivity contribution in [1.82, 2.24) is 0 Å². The van der Waals surface area contributed by atoms with Crippen LogP contribution in [0.1, 0.15) is 77.0 Å². The molecule has 1 saturated carbocycles.